The van der Waals surface area contributed by atoms with Gasteiger partial charge >= 0.3 is 0 Å². The Balaban J connectivity index is 1.32. The SMILES string of the molecule is Cc1ccc(-n2c(-c3ccccc3)cc(/C=c3/sc4n(c3=O)[C@H](c3ccccc3)C3=C(N=4)c4ccccc4CC3)c2-c2ccccc2)cc1. The molecule has 5 heteroatoms. The molecule has 2 aromatic heterocycles. The highest BCUT2D eigenvalue weighted by Gasteiger charge is 2.32. The first-order valence-electron chi connectivity index (χ1n) is 16.8. The predicted octanol–water partition coefficient (Wildman–Crippen LogP) is 8.75. The third kappa shape index (κ3) is 5.06. The third-order valence-electron chi connectivity index (χ3n) is 9.71. The third-order valence-corrected chi connectivity index (χ3v) is 10.7. The van der Waals surface area contributed by atoms with Crippen molar-refractivity contribution in [1.82, 2.24) is 9.13 Å². The van der Waals surface area contributed by atoms with Crippen molar-refractivity contribution in [2.24, 2.45) is 4.99 Å². The molecule has 0 bridgehead atoms. The second-order valence-electron chi connectivity index (χ2n) is 12.8. The number of fused-ring (bicyclic) bond motifs is 3. The number of aryl methyl sites for hydroxylation is 2. The van der Waals surface area contributed by atoms with Gasteiger partial charge in [0.25, 0.3) is 5.56 Å². The van der Waals surface area contributed by atoms with Gasteiger partial charge in [0.15, 0.2) is 4.80 Å². The molecule has 0 radical (unpaired) electrons. The molecular formula is C44H33N3OS. The highest BCUT2D eigenvalue weighted by molar-refractivity contribution is 7.07. The van der Waals surface area contributed by atoms with Gasteiger partial charge in [-0.15, -0.1) is 0 Å². The van der Waals surface area contributed by atoms with Crippen LogP contribution in [0, 0.1) is 6.92 Å². The van der Waals surface area contributed by atoms with Gasteiger partial charge in [0.2, 0.25) is 0 Å². The summed E-state index contributed by atoms with van der Waals surface area (Å²) in [5, 5.41) is 0. The number of hydrogen-bond acceptors (Lipinski definition) is 3. The standard InChI is InChI=1S/C44H33N3OS/c1-29-21-24-35(25-22-29)46-38(31-14-5-2-6-15-31)27-34(41(46)32-16-7-3-8-17-32)28-39-43(48)47-42(33-18-9-4-10-19-33)37-26-23-30-13-11-12-20-36(30)40(37)45-44(47)49-39/h2-22,24-25,27-28,42H,23,26H2,1H3/b39-28+/t42-/m1/s1. The molecule has 1 atom stereocenters. The summed E-state index contributed by atoms with van der Waals surface area (Å²) < 4.78 is 4.94. The molecule has 0 spiro atoms. The Morgan fingerprint density at radius 1 is 0.735 bits per heavy atom. The molecular weight excluding hydrogens is 619 g/mol. The molecule has 7 aromatic rings. The summed E-state index contributed by atoms with van der Waals surface area (Å²) in [5.74, 6) is 0. The average Bonchev–Trinajstić information content (AvgIpc) is 3.69. The molecule has 1 aliphatic carbocycles. The fourth-order valence-electron chi connectivity index (χ4n) is 7.41. The highest BCUT2D eigenvalue weighted by Crippen LogP contribution is 2.41. The monoisotopic (exact) mass is 651 g/mol. The van der Waals surface area contributed by atoms with Gasteiger partial charge in [0.05, 0.1) is 27.7 Å². The first-order valence-corrected chi connectivity index (χ1v) is 17.6. The van der Waals surface area contributed by atoms with Gasteiger partial charge < -0.3 is 4.57 Å². The van der Waals surface area contributed by atoms with Gasteiger partial charge in [0.1, 0.15) is 0 Å². The van der Waals surface area contributed by atoms with Gasteiger partial charge in [-0.05, 0) is 71.9 Å². The fraction of sp³-hybridized carbons (Fsp3) is 0.0909. The van der Waals surface area contributed by atoms with Crippen LogP contribution in [-0.2, 0) is 6.42 Å². The quantitative estimate of drug-likeness (QED) is 0.184. The van der Waals surface area contributed by atoms with Crippen LogP contribution in [-0.4, -0.2) is 9.13 Å². The molecule has 49 heavy (non-hydrogen) atoms. The largest absolute Gasteiger partial charge is 0.309 e. The number of hydrogen-bond donors (Lipinski definition) is 0. The minimum Gasteiger partial charge on any atom is -0.309 e. The van der Waals surface area contributed by atoms with E-state index in [1.165, 1.54) is 33.6 Å². The molecule has 4 nitrogen and oxygen atoms in total. The van der Waals surface area contributed by atoms with Gasteiger partial charge in [-0.1, -0.05) is 144 Å². The van der Waals surface area contributed by atoms with Crippen molar-refractivity contribution in [2.45, 2.75) is 25.8 Å². The van der Waals surface area contributed by atoms with Crippen LogP contribution >= 0.6 is 11.3 Å². The molecule has 0 amide bonds. The lowest BCUT2D eigenvalue weighted by atomic mass is 9.83. The molecule has 0 N–H and O–H groups in total. The zero-order chi connectivity index (χ0) is 32.9. The summed E-state index contributed by atoms with van der Waals surface area (Å²) in [6.07, 6.45) is 3.90. The van der Waals surface area contributed by atoms with Crippen LogP contribution in [0.4, 0.5) is 0 Å². The summed E-state index contributed by atoms with van der Waals surface area (Å²) in [4.78, 5) is 20.7. The molecule has 3 heterocycles. The number of allylic oxidation sites excluding steroid dienone is 1. The van der Waals surface area contributed by atoms with Gasteiger partial charge in [-0.3, -0.25) is 9.36 Å². The van der Waals surface area contributed by atoms with E-state index in [0.29, 0.717) is 4.53 Å². The number of rotatable bonds is 5. The van der Waals surface area contributed by atoms with Gasteiger partial charge in [0, 0.05) is 16.8 Å². The zero-order valence-corrected chi connectivity index (χ0v) is 27.9. The molecule has 2 aliphatic rings. The summed E-state index contributed by atoms with van der Waals surface area (Å²) >= 11 is 1.48. The number of thiazole rings is 1. The lowest BCUT2D eigenvalue weighted by Gasteiger charge is -2.30. The van der Waals surface area contributed by atoms with Crippen LogP contribution in [0.1, 0.15) is 40.3 Å². The summed E-state index contributed by atoms with van der Waals surface area (Å²) in [7, 11) is 0. The Morgan fingerprint density at radius 2 is 1.39 bits per heavy atom. The molecule has 9 rings (SSSR count). The van der Waals surface area contributed by atoms with Crippen molar-refractivity contribution >= 4 is 23.1 Å². The van der Waals surface area contributed by atoms with E-state index in [1.54, 1.807) is 0 Å². The Kier molecular flexibility index (Phi) is 7.21. The van der Waals surface area contributed by atoms with Crippen molar-refractivity contribution in [3.05, 3.63) is 199 Å². The van der Waals surface area contributed by atoms with E-state index < -0.39 is 0 Å². The first-order chi connectivity index (χ1) is 24.1. The molecule has 0 saturated heterocycles. The van der Waals surface area contributed by atoms with E-state index in [0.717, 1.165) is 62.7 Å². The van der Waals surface area contributed by atoms with Crippen LogP contribution < -0.4 is 14.9 Å². The van der Waals surface area contributed by atoms with Crippen LogP contribution in [0.2, 0.25) is 0 Å². The van der Waals surface area contributed by atoms with Gasteiger partial charge in [-0.25, -0.2) is 4.99 Å². The fourth-order valence-corrected chi connectivity index (χ4v) is 8.41. The van der Waals surface area contributed by atoms with Crippen molar-refractivity contribution in [1.29, 1.82) is 0 Å². The minimum atomic E-state index is -0.200. The Bertz CT molecular complexity index is 2560. The van der Waals surface area contributed by atoms with Crippen LogP contribution in [0.15, 0.2) is 161 Å². The number of aromatic nitrogens is 2. The number of nitrogens with zero attached hydrogens (tertiary/aromatic N) is 3. The van der Waals surface area contributed by atoms with E-state index in [4.69, 9.17) is 4.99 Å². The molecule has 236 valence electrons. The summed E-state index contributed by atoms with van der Waals surface area (Å²) in [5.41, 5.74) is 13.4. The Hall–Kier alpha value is -5.78. The lowest BCUT2D eigenvalue weighted by molar-refractivity contribution is 0.585. The molecule has 0 unspecified atom stereocenters. The molecule has 0 saturated carbocycles. The van der Waals surface area contributed by atoms with E-state index in [2.05, 4.69) is 145 Å². The second kappa shape index (κ2) is 12.0. The molecule has 5 aromatic carbocycles. The Morgan fingerprint density at radius 3 is 2.12 bits per heavy atom. The zero-order valence-electron chi connectivity index (χ0n) is 27.1. The van der Waals surface area contributed by atoms with E-state index in [9.17, 15) is 4.79 Å². The Labute approximate surface area is 288 Å². The van der Waals surface area contributed by atoms with Crippen LogP contribution in [0.3, 0.4) is 0 Å². The maximum Gasteiger partial charge on any atom is 0.271 e. The van der Waals surface area contributed by atoms with Crippen LogP contribution in [0.25, 0.3) is 40.0 Å². The molecule has 0 fully saturated rings. The second-order valence-corrected chi connectivity index (χ2v) is 13.8. The van der Waals surface area contributed by atoms with Crippen molar-refractivity contribution < 1.29 is 0 Å². The van der Waals surface area contributed by atoms with Crippen molar-refractivity contribution in [3.63, 3.8) is 0 Å². The summed E-state index contributed by atoms with van der Waals surface area (Å²) in [6.45, 7) is 2.11. The maximum atomic E-state index is 14.7. The topological polar surface area (TPSA) is 39.3 Å². The smallest absolute Gasteiger partial charge is 0.271 e. The maximum absolute atomic E-state index is 14.7. The minimum absolute atomic E-state index is 0.00799. The van der Waals surface area contributed by atoms with Crippen molar-refractivity contribution in [3.8, 4) is 28.2 Å². The van der Waals surface area contributed by atoms with Crippen molar-refractivity contribution in [2.75, 3.05) is 0 Å². The number of benzene rings is 5. The van der Waals surface area contributed by atoms with Crippen LogP contribution in [0.5, 0.6) is 0 Å². The summed E-state index contributed by atoms with van der Waals surface area (Å²) in [6, 6.07) is 50.7. The lowest BCUT2D eigenvalue weighted by Crippen LogP contribution is -2.38. The average molecular weight is 652 g/mol. The van der Waals surface area contributed by atoms with Gasteiger partial charge in [-0.2, -0.15) is 0 Å². The first kappa shape index (κ1) is 29.4. The molecule has 1 aliphatic heterocycles. The van der Waals surface area contributed by atoms with E-state index in [-0.39, 0.29) is 11.6 Å². The highest BCUT2D eigenvalue weighted by atomic mass is 32.1. The van der Waals surface area contributed by atoms with E-state index in [1.807, 2.05) is 22.8 Å². The normalized spacial score (nSPS) is 15.4. The van der Waals surface area contributed by atoms with E-state index >= 15 is 0 Å². The predicted molar refractivity (Wildman–Crippen MR) is 201 cm³/mol.